The van der Waals surface area contributed by atoms with Crippen molar-refractivity contribution in [3.05, 3.63) is 35.6 Å². The Labute approximate surface area is 141 Å². The Kier molecular flexibility index (Phi) is 5.06. The Balaban J connectivity index is 1.60. The van der Waals surface area contributed by atoms with Crippen molar-refractivity contribution in [2.75, 3.05) is 26.3 Å². The molecule has 1 aromatic rings. The van der Waals surface area contributed by atoms with Gasteiger partial charge in [0.2, 0.25) is 0 Å². The van der Waals surface area contributed by atoms with Crippen LogP contribution in [0, 0.1) is 5.82 Å². The molecule has 6 heteroatoms. The first-order valence-corrected chi connectivity index (χ1v) is 8.59. The first kappa shape index (κ1) is 17.2. The quantitative estimate of drug-likeness (QED) is 0.771. The van der Waals surface area contributed by atoms with Crippen LogP contribution in [0.25, 0.3) is 0 Å². The predicted molar refractivity (Wildman–Crippen MR) is 88.3 cm³/mol. The molecule has 2 fully saturated rings. The average Bonchev–Trinajstić information content (AvgIpc) is 2.58. The fraction of sp³-hybridized carbons (Fsp3) is 0.611. The van der Waals surface area contributed by atoms with Gasteiger partial charge in [0.25, 0.3) is 0 Å². The van der Waals surface area contributed by atoms with Crippen LogP contribution in [0.4, 0.5) is 9.18 Å². The van der Waals surface area contributed by atoms with Gasteiger partial charge < -0.3 is 20.5 Å². The van der Waals surface area contributed by atoms with Crippen LogP contribution in [-0.4, -0.2) is 43.0 Å². The van der Waals surface area contributed by atoms with Gasteiger partial charge in [-0.3, -0.25) is 0 Å². The highest BCUT2D eigenvalue weighted by molar-refractivity contribution is 5.74. The standard InChI is InChI=1S/C18H25FN2O3/c19-15-4-2-14(3-5-15)17(8-10-24-11-9-17)12-20-16(22)21-13-18(23)6-1-7-18/h2-5,23H,1,6-13H2,(H2,20,21,22). The molecule has 0 atom stereocenters. The van der Waals surface area contributed by atoms with E-state index in [9.17, 15) is 14.3 Å². The molecule has 132 valence electrons. The van der Waals surface area contributed by atoms with E-state index in [1.807, 2.05) is 0 Å². The summed E-state index contributed by atoms with van der Waals surface area (Å²) in [5.41, 5.74) is 0.0477. The van der Waals surface area contributed by atoms with Crippen molar-refractivity contribution in [1.29, 1.82) is 0 Å². The molecule has 24 heavy (non-hydrogen) atoms. The molecule has 0 bridgehead atoms. The lowest BCUT2D eigenvalue weighted by atomic mass is 9.74. The van der Waals surface area contributed by atoms with Crippen LogP contribution < -0.4 is 10.6 Å². The Morgan fingerprint density at radius 1 is 1.08 bits per heavy atom. The summed E-state index contributed by atoms with van der Waals surface area (Å²) in [4.78, 5) is 12.1. The van der Waals surface area contributed by atoms with Gasteiger partial charge in [0, 0.05) is 31.7 Å². The lowest BCUT2D eigenvalue weighted by Gasteiger charge is -2.38. The summed E-state index contributed by atoms with van der Waals surface area (Å²) < 4.78 is 18.7. The molecule has 0 spiro atoms. The zero-order valence-electron chi connectivity index (χ0n) is 13.8. The van der Waals surface area contributed by atoms with Crippen LogP contribution in [0.1, 0.15) is 37.7 Å². The number of aliphatic hydroxyl groups is 1. The first-order valence-electron chi connectivity index (χ1n) is 8.59. The minimum Gasteiger partial charge on any atom is -0.388 e. The van der Waals surface area contributed by atoms with Crippen LogP contribution in [-0.2, 0) is 10.2 Å². The maximum atomic E-state index is 13.2. The van der Waals surface area contributed by atoms with Gasteiger partial charge in [-0.25, -0.2) is 9.18 Å². The zero-order chi connectivity index (χ0) is 17.0. The topological polar surface area (TPSA) is 70.6 Å². The van der Waals surface area contributed by atoms with Crippen molar-refractivity contribution in [2.24, 2.45) is 0 Å². The normalized spacial score (nSPS) is 21.6. The summed E-state index contributed by atoms with van der Waals surface area (Å²) in [6.45, 7) is 2.00. The van der Waals surface area contributed by atoms with E-state index in [2.05, 4.69) is 10.6 Å². The van der Waals surface area contributed by atoms with Crippen molar-refractivity contribution in [3.63, 3.8) is 0 Å². The molecule has 2 aliphatic rings. The molecule has 1 saturated carbocycles. The monoisotopic (exact) mass is 336 g/mol. The third-order valence-electron chi connectivity index (χ3n) is 5.36. The van der Waals surface area contributed by atoms with Crippen LogP contribution >= 0.6 is 0 Å². The Bertz CT molecular complexity index is 566. The number of urea groups is 1. The fourth-order valence-electron chi connectivity index (χ4n) is 3.45. The predicted octanol–water partition coefficient (Wildman–Crippen LogP) is 2.09. The number of amides is 2. The minimum atomic E-state index is -0.731. The van der Waals surface area contributed by atoms with Crippen molar-refractivity contribution < 1.29 is 19.0 Å². The van der Waals surface area contributed by atoms with E-state index in [0.717, 1.165) is 37.7 Å². The van der Waals surface area contributed by atoms with E-state index in [1.54, 1.807) is 12.1 Å². The van der Waals surface area contributed by atoms with E-state index >= 15 is 0 Å². The molecule has 3 rings (SSSR count). The number of carbonyl (C=O) groups is 1. The highest BCUT2D eigenvalue weighted by Gasteiger charge is 2.36. The van der Waals surface area contributed by atoms with Gasteiger partial charge in [-0.1, -0.05) is 12.1 Å². The smallest absolute Gasteiger partial charge is 0.314 e. The summed E-state index contributed by atoms with van der Waals surface area (Å²) in [6, 6.07) is 6.22. The maximum absolute atomic E-state index is 13.2. The van der Waals surface area contributed by atoms with Gasteiger partial charge in [-0.2, -0.15) is 0 Å². The van der Waals surface area contributed by atoms with E-state index in [1.165, 1.54) is 12.1 Å². The first-order chi connectivity index (χ1) is 11.5. The molecule has 3 N–H and O–H groups in total. The largest absolute Gasteiger partial charge is 0.388 e. The number of rotatable bonds is 5. The molecular formula is C18H25FN2O3. The third-order valence-corrected chi connectivity index (χ3v) is 5.36. The summed E-state index contributed by atoms with van der Waals surface area (Å²) in [7, 11) is 0. The molecule has 0 radical (unpaired) electrons. The van der Waals surface area contributed by atoms with Gasteiger partial charge >= 0.3 is 6.03 Å². The maximum Gasteiger partial charge on any atom is 0.314 e. The SMILES string of the molecule is O=C(NCC1(O)CCC1)NCC1(c2ccc(F)cc2)CCOCC1. The summed E-state index contributed by atoms with van der Waals surface area (Å²) in [5.74, 6) is -0.264. The number of benzene rings is 1. The van der Waals surface area contributed by atoms with E-state index in [-0.39, 0.29) is 23.8 Å². The second-order valence-electron chi connectivity index (χ2n) is 7.01. The summed E-state index contributed by atoms with van der Waals surface area (Å²) in [5, 5.41) is 15.7. The molecule has 1 heterocycles. The molecule has 1 aliphatic carbocycles. The molecule has 2 amide bonds. The molecule has 5 nitrogen and oxygen atoms in total. The number of ether oxygens (including phenoxy) is 1. The molecule has 1 aliphatic heterocycles. The van der Waals surface area contributed by atoms with Crippen molar-refractivity contribution in [2.45, 2.75) is 43.1 Å². The van der Waals surface area contributed by atoms with Crippen molar-refractivity contribution in [3.8, 4) is 0 Å². The number of halogens is 1. The summed E-state index contributed by atoms with van der Waals surface area (Å²) in [6.07, 6.45) is 4.05. The van der Waals surface area contributed by atoms with Gasteiger partial charge in [0.15, 0.2) is 0 Å². The Morgan fingerprint density at radius 2 is 1.71 bits per heavy atom. The molecule has 0 aromatic heterocycles. The van der Waals surface area contributed by atoms with Crippen LogP contribution in [0.2, 0.25) is 0 Å². The second-order valence-corrected chi connectivity index (χ2v) is 7.01. The van der Waals surface area contributed by atoms with Crippen molar-refractivity contribution in [1.82, 2.24) is 10.6 Å². The molecule has 1 saturated heterocycles. The van der Waals surface area contributed by atoms with Crippen LogP contribution in [0.3, 0.4) is 0 Å². The van der Waals surface area contributed by atoms with Crippen LogP contribution in [0.15, 0.2) is 24.3 Å². The number of hydrogen-bond acceptors (Lipinski definition) is 3. The average molecular weight is 336 g/mol. The zero-order valence-corrected chi connectivity index (χ0v) is 13.8. The Morgan fingerprint density at radius 3 is 2.29 bits per heavy atom. The Hall–Kier alpha value is -1.66. The molecule has 0 unspecified atom stereocenters. The fourth-order valence-corrected chi connectivity index (χ4v) is 3.45. The number of nitrogens with one attached hydrogen (secondary N) is 2. The number of hydrogen-bond donors (Lipinski definition) is 3. The lowest BCUT2D eigenvalue weighted by Crippen LogP contribution is -2.52. The third kappa shape index (κ3) is 3.87. The van der Waals surface area contributed by atoms with E-state index in [4.69, 9.17) is 4.74 Å². The van der Waals surface area contributed by atoms with Gasteiger partial charge in [0.1, 0.15) is 5.82 Å². The summed E-state index contributed by atoms with van der Waals surface area (Å²) >= 11 is 0. The highest BCUT2D eigenvalue weighted by Crippen LogP contribution is 2.34. The highest BCUT2D eigenvalue weighted by atomic mass is 19.1. The van der Waals surface area contributed by atoms with Gasteiger partial charge in [0.05, 0.1) is 5.60 Å². The van der Waals surface area contributed by atoms with E-state index in [0.29, 0.717) is 19.8 Å². The number of carbonyl (C=O) groups excluding carboxylic acids is 1. The van der Waals surface area contributed by atoms with Crippen LogP contribution in [0.5, 0.6) is 0 Å². The van der Waals surface area contributed by atoms with E-state index < -0.39 is 5.60 Å². The molecule has 1 aromatic carbocycles. The minimum absolute atomic E-state index is 0.239. The van der Waals surface area contributed by atoms with Gasteiger partial charge in [-0.15, -0.1) is 0 Å². The molecular weight excluding hydrogens is 311 g/mol. The van der Waals surface area contributed by atoms with Crippen molar-refractivity contribution >= 4 is 6.03 Å². The second kappa shape index (κ2) is 7.07. The van der Waals surface area contributed by atoms with Gasteiger partial charge in [-0.05, 0) is 49.8 Å². The lowest BCUT2D eigenvalue weighted by molar-refractivity contribution is -0.0290.